The highest BCUT2D eigenvalue weighted by Crippen LogP contribution is 2.38. The summed E-state index contributed by atoms with van der Waals surface area (Å²) in [5.74, 6) is 2.39. The normalized spacial score (nSPS) is 14.5. The molecule has 3 rings (SSSR count). The van der Waals surface area contributed by atoms with E-state index in [0.29, 0.717) is 17.6 Å². The van der Waals surface area contributed by atoms with E-state index in [1.165, 1.54) is 12.8 Å². The molecule has 92 valence electrons. The Bertz CT molecular complexity index is 537. The van der Waals surface area contributed by atoms with Gasteiger partial charge in [-0.15, -0.1) is 0 Å². The summed E-state index contributed by atoms with van der Waals surface area (Å²) in [5.41, 5.74) is 1.07. The Labute approximate surface area is 110 Å². The third-order valence-corrected chi connectivity index (χ3v) is 3.10. The molecule has 1 fully saturated rings. The lowest BCUT2D eigenvalue weighted by molar-refractivity contribution is 0.920. The largest absolute Gasteiger partial charge is 0.366 e. The van der Waals surface area contributed by atoms with E-state index in [0.717, 1.165) is 17.2 Å². The first-order valence-corrected chi connectivity index (χ1v) is 6.36. The van der Waals surface area contributed by atoms with E-state index in [-0.39, 0.29) is 0 Å². The molecule has 0 saturated heterocycles. The first-order chi connectivity index (χ1) is 8.81. The Morgan fingerprint density at radius 1 is 1.22 bits per heavy atom. The van der Waals surface area contributed by atoms with Gasteiger partial charge in [0.25, 0.3) is 0 Å². The standard InChI is InChI=1S/C13H13ClN4/c14-11-4-1-9(7-16-11)8-17-12-5-6-15-13(18-12)10-2-3-10/h1,4-7,10H,2-3,8H2,(H,15,17,18). The van der Waals surface area contributed by atoms with Crippen molar-refractivity contribution in [2.24, 2.45) is 0 Å². The van der Waals surface area contributed by atoms with Crippen LogP contribution in [-0.4, -0.2) is 15.0 Å². The fourth-order valence-electron chi connectivity index (χ4n) is 1.71. The maximum absolute atomic E-state index is 5.74. The summed E-state index contributed by atoms with van der Waals surface area (Å²) < 4.78 is 0. The van der Waals surface area contributed by atoms with Crippen LogP contribution in [0.4, 0.5) is 5.82 Å². The second kappa shape index (κ2) is 4.90. The minimum atomic E-state index is 0.511. The van der Waals surface area contributed by atoms with Crippen LogP contribution in [0.2, 0.25) is 5.15 Å². The SMILES string of the molecule is Clc1ccc(CNc2ccnc(C3CC3)n2)cn1. The fraction of sp³-hybridized carbons (Fsp3) is 0.308. The van der Waals surface area contributed by atoms with Crippen molar-refractivity contribution in [1.82, 2.24) is 15.0 Å². The van der Waals surface area contributed by atoms with E-state index in [1.54, 1.807) is 12.3 Å². The molecule has 1 N–H and O–H groups in total. The van der Waals surface area contributed by atoms with E-state index in [4.69, 9.17) is 11.6 Å². The monoisotopic (exact) mass is 260 g/mol. The van der Waals surface area contributed by atoms with Crippen LogP contribution in [0, 0.1) is 0 Å². The van der Waals surface area contributed by atoms with Crippen LogP contribution >= 0.6 is 11.6 Å². The van der Waals surface area contributed by atoms with E-state index in [9.17, 15) is 0 Å². The van der Waals surface area contributed by atoms with Gasteiger partial charge in [-0.1, -0.05) is 17.7 Å². The fourth-order valence-corrected chi connectivity index (χ4v) is 1.83. The smallest absolute Gasteiger partial charge is 0.133 e. The Balaban J connectivity index is 1.65. The number of rotatable bonds is 4. The molecule has 5 heteroatoms. The van der Waals surface area contributed by atoms with Crippen molar-refractivity contribution >= 4 is 17.4 Å². The number of aromatic nitrogens is 3. The van der Waals surface area contributed by atoms with Gasteiger partial charge < -0.3 is 5.32 Å². The molecule has 0 bridgehead atoms. The zero-order valence-corrected chi connectivity index (χ0v) is 10.6. The molecule has 18 heavy (non-hydrogen) atoms. The molecule has 0 spiro atoms. The van der Waals surface area contributed by atoms with Gasteiger partial charge in [-0.25, -0.2) is 15.0 Å². The lowest BCUT2D eigenvalue weighted by Crippen LogP contribution is -2.03. The van der Waals surface area contributed by atoms with Crippen molar-refractivity contribution in [1.29, 1.82) is 0 Å². The van der Waals surface area contributed by atoms with Crippen molar-refractivity contribution in [2.75, 3.05) is 5.32 Å². The molecule has 1 saturated carbocycles. The van der Waals surface area contributed by atoms with Gasteiger partial charge in [0.1, 0.15) is 16.8 Å². The van der Waals surface area contributed by atoms with Crippen LogP contribution in [0.5, 0.6) is 0 Å². The minimum absolute atomic E-state index is 0.511. The lowest BCUT2D eigenvalue weighted by Gasteiger charge is -2.06. The predicted octanol–water partition coefficient (Wildman–Crippen LogP) is 3.01. The summed E-state index contributed by atoms with van der Waals surface area (Å²) in [7, 11) is 0. The Kier molecular flexibility index (Phi) is 3.11. The van der Waals surface area contributed by atoms with Crippen LogP contribution in [0.3, 0.4) is 0 Å². The zero-order valence-electron chi connectivity index (χ0n) is 9.81. The Morgan fingerprint density at radius 2 is 2.11 bits per heavy atom. The van der Waals surface area contributed by atoms with E-state index < -0.39 is 0 Å². The van der Waals surface area contributed by atoms with Gasteiger partial charge >= 0.3 is 0 Å². The second-order valence-corrected chi connectivity index (χ2v) is 4.80. The van der Waals surface area contributed by atoms with Gasteiger partial charge in [0, 0.05) is 24.9 Å². The molecule has 1 aliphatic rings. The molecule has 2 aromatic rings. The molecule has 2 aromatic heterocycles. The number of nitrogens with zero attached hydrogens (tertiary/aromatic N) is 3. The molecule has 0 atom stereocenters. The highest BCUT2D eigenvalue weighted by Gasteiger charge is 2.26. The van der Waals surface area contributed by atoms with Crippen LogP contribution in [0.15, 0.2) is 30.6 Å². The highest BCUT2D eigenvalue weighted by atomic mass is 35.5. The predicted molar refractivity (Wildman–Crippen MR) is 70.6 cm³/mol. The van der Waals surface area contributed by atoms with E-state index >= 15 is 0 Å². The number of nitrogens with one attached hydrogen (secondary N) is 1. The summed E-state index contributed by atoms with van der Waals surface area (Å²) in [4.78, 5) is 12.8. The minimum Gasteiger partial charge on any atom is -0.366 e. The molecule has 0 aliphatic heterocycles. The number of hydrogen-bond acceptors (Lipinski definition) is 4. The molecule has 0 unspecified atom stereocenters. The quantitative estimate of drug-likeness (QED) is 0.859. The number of halogens is 1. The number of pyridine rings is 1. The van der Waals surface area contributed by atoms with Gasteiger partial charge in [-0.3, -0.25) is 0 Å². The van der Waals surface area contributed by atoms with E-state index in [1.807, 2.05) is 18.3 Å². The van der Waals surface area contributed by atoms with Crippen molar-refractivity contribution < 1.29 is 0 Å². The number of anilines is 1. The Morgan fingerprint density at radius 3 is 2.83 bits per heavy atom. The lowest BCUT2D eigenvalue weighted by atomic mass is 10.3. The topological polar surface area (TPSA) is 50.7 Å². The van der Waals surface area contributed by atoms with Crippen LogP contribution < -0.4 is 5.32 Å². The van der Waals surface area contributed by atoms with Gasteiger partial charge in [-0.2, -0.15) is 0 Å². The molecular weight excluding hydrogens is 248 g/mol. The van der Waals surface area contributed by atoms with Crippen LogP contribution in [0.1, 0.15) is 30.1 Å². The highest BCUT2D eigenvalue weighted by molar-refractivity contribution is 6.29. The van der Waals surface area contributed by atoms with Crippen molar-refractivity contribution in [2.45, 2.75) is 25.3 Å². The zero-order chi connectivity index (χ0) is 12.4. The maximum Gasteiger partial charge on any atom is 0.133 e. The third kappa shape index (κ3) is 2.76. The average molecular weight is 261 g/mol. The maximum atomic E-state index is 5.74. The molecule has 2 heterocycles. The molecule has 0 radical (unpaired) electrons. The van der Waals surface area contributed by atoms with Crippen LogP contribution in [0.25, 0.3) is 0 Å². The summed E-state index contributed by atoms with van der Waals surface area (Å²) in [5, 5.41) is 3.78. The average Bonchev–Trinajstić information content (AvgIpc) is 3.23. The summed E-state index contributed by atoms with van der Waals surface area (Å²) in [6, 6.07) is 5.62. The molecule has 0 amide bonds. The van der Waals surface area contributed by atoms with E-state index in [2.05, 4.69) is 20.3 Å². The molecular formula is C13H13ClN4. The Hall–Kier alpha value is -1.68. The molecule has 4 nitrogen and oxygen atoms in total. The molecule has 1 aliphatic carbocycles. The van der Waals surface area contributed by atoms with Gasteiger partial charge in [-0.05, 0) is 30.5 Å². The summed E-state index contributed by atoms with van der Waals surface area (Å²) in [6.07, 6.45) is 6.00. The van der Waals surface area contributed by atoms with Crippen molar-refractivity contribution in [3.63, 3.8) is 0 Å². The first kappa shape index (κ1) is 11.4. The van der Waals surface area contributed by atoms with Crippen molar-refractivity contribution in [3.05, 3.63) is 47.1 Å². The summed E-state index contributed by atoms with van der Waals surface area (Å²) in [6.45, 7) is 0.686. The summed E-state index contributed by atoms with van der Waals surface area (Å²) >= 11 is 5.74. The van der Waals surface area contributed by atoms with Crippen LogP contribution in [-0.2, 0) is 6.54 Å². The first-order valence-electron chi connectivity index (χ1n) is 5.98. The van der Waals surface area contributed by atoms with Crippen molar-refractivity contribution in [3.8, 4) is 0 Å². The number of hydrogen-bond donors (Lipinski definition) is 1. The van der Waals surface area contributed by atoms with Gasteiger partial charge in [0.05, 0.1) is 0 Å². The third-order valence-electron chi connectivity index (χ3n) is 2.88. The van der Waals surface area contributed by atoms with Gasteiger partial charge in [0.15, 0.2) is 0 Å². The van der Waals surface area contributed by atoms with Gasteiger partial charge in [0.2, 0.25) is 0 Å². The second-order valence-electron chi connectivity index (χ2n) is 4.42. The molecule has 0 aromatic carbocycles.